The van der Waals surface area contributed by atoms with Crippen molar-refractivity contribution in [1.82, 2.24) is 0 Å². The molecule has 48 heavy (non-hydrogen) atoms. The van der Waals surface area contributed by atoms with E-state index in [4.69, 9.17) is 13.1 Å². The van der Waals surface area contributed by atoms with Crippen molar-refractivity contribution in [1.29, 1.82) is 0 Å². The summed E-state index contributed by atoms with van der Waals surface area (Å²) in [6.45, 7) is 18.3. The van der Waals surface area contributed by atoms with Gasteiger partial charge in [0.15, 0.2) is 0 Å². The van der Waals surface area contributed by atoms with Crippen LogP contribution >= 0.6 is 0 Å². The minimum Gasteiger partial charge on any atom is -0.462 e. The van der Waals surface area contributed by atoms with Crippen LogP contribution in [-0.2, 0) is 40.6 Å². The van der Waals surface area contributed by atoms with Gasteiger partial charge in [-0.2, -0.15) is 8.42 Å². The maximum absolute atomic E-state index is 12.5. The third-order valence-electron chi connectivity index (χ3n) is 14.7. The van der Waals surface area contributed by atoms with Crippen molar-refractivity contribution in [2.75, 3.05) is 0 Å². The lowest BCUT2D eigenvalue weighted by Gasteiger charge is -2.69. The predicted octanol–water partition coefficient (Wildman–Crippen LogP) is 8.98. The summed E-state index contributed by atoms with van der Waals surface area (Å²) in [4.78, 5) is 12.5. The molecule has 10 heteroatoms. The third-order valence-corrected chi connectivity index (χ3v) is 15.4. The summed E-state index contributed by atoms with van der Waals surface area (Å²) >= 11 is -5.02. The summed E-state index contributed by atoms with van der Waals surface area (Å²) in [5.74, 6) is 1.44. The van der Waals surface area contributed by atoms with Crippen LogP contribution in [0.1, 0.15) is 120 Å². The Morgan fingerprint density at radius 2 is 1.56 bits per heavy atom. The second-order valence-electron chi connectivity index (χ2n) is 17.7. The lowest BCUT2D eigenvalue weighted by molar-refractivity contribution is -0.223. The fourth-order valence-electron chi connectivity index (χ4n) is 12.9. The lowest BCUT2D eigenvalue weighted by Crippen LogP contribution is -2.64. The molecule has 2 N–H and O–H groups in total. The Bertz CT molecular complexity index is 1510. The Morgan fingerprint density at radius 3 is 2.21 bits per heavy atom. The van der Waals surface area contributed by atoms with Crippen molar-refractivity contribution in [3.05, 3.63) is 47.0 Å². The van der Waals surface area contributed by atoms with Gasteiger partial charge in [-0.05, 0) is 129 Å². The Labute approximate surface area is 292 Å². The lowest BCUT2D eigenvalue weighted by atomic mass is 9.36. The molecule has 0 heterocycles. The summed E-state index contributed by atoms with van der Waals surface area (Å²) in [6.07, 6.45) is 17.9. The molecule has 0 aliphatic heterocycles. The Kier molecular flexibility index (Phi) is 9.38. The first kappa shape index (κ1) is 36.1. The highest BCUT2D eigenvalue weighted by Gasteiger charge is 2.69. The average molecular weight is 705 g/mol. The van der Waals surface area contributed by atoms with Crippen LogP contribution in [0.5, 0.6) is 0 Å². The van der Waals surface area contributed by atoms with Gasteiger partial charge in [0.1, 0.15) is 17.6 Å². The minimum atomic E-state index is -2.51. The van der Waals surface area contributed by atoms with E-state index in [9.17, 15) is 22.3 Å². The molecule has 3 fully saturated rings. The molecule has 6 aliphatic carbocycles. The van der Waals surface area contributed by atoms with Gasteiger partial charge in [0, 0.05) is 17.9 Å². The van der Waals surface area contributed by atoms with Gasteiger partial charge in [0.05, 0.1) is 5.92 Å². The summed E-state index contributed by atoms with van der Waals surface area (Å²) in [7, 11) is 0. The summed E-state index contributed by atoms with van der Waals surface area (Å²) < 4.78 is 60.5. The molecule has 0 saturated heterocycles. The molecule has 12 atom stereocenters. The van der Waals surface area contributed by atoms with Crippen LogP contribution in [0.3, 0.4) is 0 Å². The van der Waals surface area contributed by atoms with Gasteiger partial charge in [-0.1, -0.05) is 59.3 Å². The van der Waals surface area contributed by atoms with Crippen LogP contribution in [0.15, 0.2) is 47.0 Å². The van der Waals surface area contributed by atoms with E-state index in [2.05, 4.69) is 60.6 Å². The second kappa shape index (κ2) is 12.5. The van der Waals surface area contributed by atoms with Crippen molar-refractivity contribution >= 4 is 28.7 Å². The van der Waals surface area contributed by atoms with Gasteiger partial charge in [0.2, 0.25) is 0 Å². The van der Waals surface area contributed by atoms with Gasteiger partial charge in [-0.15, -0.1) is 0 Å². The molecule has 6 aliphatic rings. The fraction of sp³-hybridized carbons (Fsp3) is 0.763. The van der Waals surface area contributed by atoms with Crippen LogP contribution < -0.4 is 0 Å². The van der Waals surface area contributed by atoms with E-state index in [0.717, 1.165) is 63.4 Å². The quantitative estimate of drug-likeness (QED) is 0.146. The maximum atomic E-state index is 12.5. The molecule has 0 aromatic carbocycles. The molecule has 3 unspecified atom stereocenters. The first-order valence-corrected chi connectivity index (χ1v) is 20.0. The van der Waals surface area contributed by atoms with Gasteiger partial charge in [-0.25, -0.2) is 0 Å². The molecule has 0 radical (unpaired) electrons. The van der Waals surface area contributed by atoms with Gasteiger partial charge in [0.25, 0.3) is 0 Å². The number of fused-ring (bicyclic) bond motifs is 7. The van der Waals surface area contributed by atoms with E-state index in [1.54, 1.807) is 19.1 Å². The van der Waals surface area contributed by atoms with Crippen LogP contribution in [-0.4, -0.2) is 29.6 Å². The van der Waals surface area contributed by atoms with Crippen LogP contribution in [0.25, 0.3) is 0 Å². The largest absolute Gasteiger partial charge is 0.462 e. The molecule has 268 valence electrons. The summed E-state index contributed by atoms with van der Waals surface area (Å²) in [5.41, 5.74) is 1.92. The number of ether oxygens (including phenoxy) is 1. The highest BCUT2D eigenvalue weighted by Crippen LogP contribution is 2.75. The highest BCUT2D eigenvalue weighted by molar-refractivity contribution is 7.74. The van der Waals surface area contributed by atoms with Gasteiger partial charge < -0.3 is 13.1 Å². The van der Waals surface area contributed by atoms with Crippen LogP contribution in [0.2, 0.25) is 0 Å². The number of allylic oxidation sites excluding steroid dienone is 7. The molecule has 8 nitrogen and oxygen atoms in total. The predicted molar refractivity (Wildman–Crippen MR) is 187 cm³/mol. The number of hydrogen-bond donors (Lipinski definition) is 2. The van der Waals surface area contributed by atoms with Crippen molar-refractivity contribution < 1.29 is 35.4 Å². The second-order valence-corrected chi connectivity index (χ2v) is 18.9. The topological polar surface area (TPSA) is 119 Å². The number of rotatable bonds is 8. The Hall–Kier alpha value is -1.75. The summed E-state index contributed by atoms with van der Waals surface area (Å²) in [6, 6.07) is 0. The molecule has 0 amide bonds. The van der Waals surface area contributed by atoms with E-state index in [1.807, 2.05) is 0 Å². The zero-order chi connectivity index (χ0) is 35.0. The Balaban J connectivity index is 1.37. The Morgan fingerprint density at radius 1 is 0.896 bits per heavy atom. The smallest absolute Gasteiger partial charge is 0.357 e. The van der Waals surface area contributed by atoms with Crippen molar-refractivity contribution in [2.45, 2.75) is 126 Å². The standard InChI is InChI=1S/C38H56O8S2/c1-23-10-9-17-34(3,4)26(23)13-19-37(7)29-15-20-38(8)30(36(29,6)21-16-31(37)44-24(2)39)14-18-35(5)22-25-27(45-47(40)41)11-12-28(46-48(42)43)32(25)33(35)38/h10-12,22,26,29-33H,9,13-21H2,1-8H3,(H,40,41)(H,42,43)/t26-,29-,30-,31+,32?,33-,35-,36+,37+,38-/m1/s1. The van der Waals surface area contributed by atoms with Crippen LogP contribution in [0.4, 0.5) is 0 Å². The first-order valence-electron chi connectivity index (χ1n) is 17.9. The molecular formula is C38H56O8S2. The number of carbonyl (C=O) groups is 1. The van der Waals surface area contributed by atoms with Crippen LogP contribution in [0, 0.1) is 56.7 Å². The first-order chi connectivity index (χ1) is 22.4. The van der Waals surface area contributed by atoms with E-state index >= 15 is 0 Å². The number of hydrogen-bond acceptors (Lipinski definition) is 6. The summed E-state index contributed by atoms with van der Waals surface area (Å²) in [5, 5.41) is 0. The molecular weight excluding hydrogens is 649 g/mol. The number of carbonyl (C=O) groups excluding carboxylic acids is 1. The average Bonchev–Trinajstić information content (AvgIpc) is 3.30. The molecule has 0 bridgehead atoms. The van der Waals surface area contributed by atoms with E-state index in [0.29, 0.717) is 29.3 Å². The fourth-order valence-corrected chi connectivity index (χ4v) is 13.6. The SMILES string of the molecule is CC(=O)O[C@H]1CC[C@@]2(C)[C@@H](CC[C@]3(C)[C@@H]2CC[C@]2(C)C=C4C(OS(=O)O)=CC=C(OS(=O)O)C4[C@@H]32)[C@]1(C)CC[C@@H]1C(C)=CCCC1(C)C. The third kappa shape index (κ3) is 5.82. The monoisotopic (exact) mass is 704 g/mol. The van der Waals surface area contributed by atoms with E-state index in [-0.39, 0.29) is 51.0 Å². The highest BCUT2D eigenvalue weighted by atomic mass is 32.2. The van der Waals surface area contributed by atoms with Gasteiger partial charge >= 0.3 is 28.7 Å². The molecule has 0 aromatic heterocycles. The van der Waals surface area contributed by atoms with Crippen molar-refractivity contribution in [2.24, 2.45) is 56.7 Å². The van der Waals surface area contributed by atoms with Crippen molar-refractivity contribution in [3.8, 4) is 0 Å². The molecule has 6 rings (SSSR count). The van der Waals surface area contributed by atoms with Gasteiger partial charge in [-0.3, -0.25) is 13.9 Å². The molecule has 3 saturated carbocycles. The zero-order valence-electron chi connectivity index (χ0n) is 30.0. The normalized spacial score (nSPS) is 44.2. The van der Waals surface area contributed by atoms with Crippen molar-refractivity contribution in [3.63, 3.8) is 0 Å². The zero-order valence-corrected chi connectivity index (χ0v) is 31.6. The maximum Gasteiger partial charge on any atom is 0.357 e. The van der Waals surface area contributed by atoms with E-state index < -0.39 is 22.7 Å². The van der Waals surface area contributed by atoms with E-state index in [1.165, 1.54) is 12.0 Å². The molecule has 0 spiro atoms. The minimum absolute atomic E-state index is 0.00356. The molecule has 0 aromatic rings. The number of esters is 1.